The summed E-state index contributed by atoms with van der Waals surface area (Å²) >= 11 is 0. The molecule has 31 heavy (non-hydrogen) atoms. The van der Waals surface area contributed by atoms with Gasteiger partial charge in [-0.05, 0) is 43.3 Å². The minimum Gasteiger partial charge on any atom is -0.455 e. The second-order valence-corrected chi connectivity index (χ2v) is 7.67. The zero-order valence-corrected chi connectivity index (χ0v) is 17.8. The lowest BCUT2D eigenvalue weighted by atomic mass is 10.1. The van der Waals surface area contributed by atoms with Crippen LogP contribution in [0.3, 0.4) is 0 Å². The van der Waals surface area contributed by atoms with Gasteiger partial charge in [0, 0.05) is 44.0 Å². The quantitative estimate of drug-likeness (QED) is 0.719. The van der Waals surface area contributed by atoms with Crippen LogP contribution in [0, 0.1) is 12.8 Å². The fraction of sp³-hybridized carbons (Fsp3) is 0.304. The summed E-state index contributed by atoms with van der Waals surface area (Å²) in [5, 5.41) is 2.61. The summed E-state index contributed by atoms with van der Waals surface area (Å²) in [7, 11) is 3.31. The van der Waals surface area contributed by atoms with Crippen molar-refractivity contribution in [3.63, 3.8) is 0 Å². The third kappa shape index (κ3) is 5.48. The van der Waals surface area contributed by atoms with Crippen molar-refractivity contribution in [1.29, 1.82) is 0 Å². The van der Waals surface area contributed by atoms with Gasteiger partial charge in [-0.15, -0.1) is 0 Å². The van der Waals surface area contributed by atoms with E-state index in [2.05, 4.69) is 5.32 Å². The number of ether oxygens (including phenoxy) is 1. The second kappa shape index (κ2) is 9.42. The van der Waals surface area contributed by atoms with Crippen LogP contribution in [0.5, 0.6) is 0 Å². The van der Waals surface area contributed by atoms with Crippen molar-refractivity contribution in [1.82, 2.24) is 4.90 Å². The molecule has 1 saturated heterocycles. The van der Waals surface area contributed by atoms with Crippen molar-refractivity contribution in [3.8, 4) is 0 Å². The summed E-state index contributed by atoms with van der Waals surface area (Å²) in [6.07, 6.45) is 0.0513. The third-order valence-electron chi connectivity index (χ3n) is 4.97. The van der Waals surface area contributed by atoms with Gasteiger partial charge in [0.1, 0.15) is 0 Å². The monoisotopic (exact) mass is 423 g/mol. The average molecular weight is 423 g/mol. The predicted octanol–water partition coefficient (Wildman–Crippen LogP) is 2.23. The molecule has 0 bridgehead atoms. The summed E-state index contributed by atoms with van der Waals surface area (Å²) in [5.74, 6) is -1.98. The number of carbonyl (C=O) groups excluding carboxylic acids is 4. The van der Waals surface area contributed by atoms with Crippen molar-refractivity contribution in [3.05, 3.63) is 59.7 Å². The first-order valence-corrected chi connectivity index (χ1v) is 9.90. The van der Waals surface area contributed by atoms with Crippen LogP contribution in [-0.2, 0) is 19.1 Å². The molecule has 8 nitrogen and oxygen atoms in total. The summed E-state index contributed by atoms with van der Waals surface area (Å²) in [6.45, 7) is 1.73. The van der Waals surface area contributed by atoms with Gasteiger partial charge in [0.05, 0.1) is 5.92 Å². The van der Waals surface area contributed by atoms with Gasteiger partial charge in [-0.3, -0.25) is 19.2 Å². The van der Waals surface area contributed by atoms with Gasteiger partial charge in [0.2, 0.25) is 5.91 Å². The number of amides is 3. The molecule has 1 aliphatic rings. The van der Waals surface area contributed by atoms with Gasteiger partial charge in [-0.1, -0.05) is 17.7 Å². The minimum atomic E-state index is -0.613. The van der Waals surface area contributed by atoms with E-state index in [9.17, 15) is 19.2 Å². The van der Waals surface area contributed by atoms with Gasteiger partial charge < -0.3 is 19.9 Å². The van der Waals surface area contributed by atoms with E-state index < -0.39 is 24.4 Å². The number of hydrogen-bond acceptors (Lipinski definition) is 5. The van der Waals surface area contributed by atoms with E-state index in [1.165, 1.54) is 4.90 Å². The highest BCUT2D eigenvalue weighted by Gasteiger charge is 2.36. The Morgan fingerprint density at radius 3 is 2.32 bits per heavy atom. The molecule has 162 valence electrons. The lowest BCUT2D eigenvalue weighted by Gasteiger charge is -2.16. The second-order valence-electron chi connectivity index (χ2n) is 7.67. The third-order valence-corrected chi connectivity index (χ3v) is 4.97. The first kappa shape index (κ1) is 22.0. The molecule has 3 amide bonds. The van der Waals surface area contributed by atoms with Crippen LogP contribution < -0.4 is 10.2 Å². The zero-order chi connectivity index (χ0) is 22.5. The van der Waals surface area contributed by atoms with Crippen molar-refractivity contribution >= 4 is 35.1 Å². The fourth-order valence-corrected chi connectivity index (χ4v) is 3.25. The SMILES string of the molecule is Cc1ccc(N2C[C@H](C(=O)OCC(=O)Nc3ccc(C(=O)N(C)C)cc3)CC2=O)cc1. The first-order valence-electron chi connectivity index (χ1n) is 9.90. The number of benzene rings is 2. The van der Waals surface area contributed by atoms with Crippen molar-refractivity contribution in [2.24, 2.45) is 5.92 Å². The van der Waals surface area contributed by atoms with E-state index >= 15 is 0 Å². The Morgan fingerprint density at radius 2 is 1.71 bits per heavy atom. The molecule has 0 aliphatic carbocycles. The largest absolute Gasteiger partial charge is 0.455 e. The highest BCUT2D eigenvalue weighted by atomic mass is 16.5. The number of nitrogens with one attached hydrogen (secondary N) is 1. The molecule has 1 aliphatic heterocycles. The van der Waals surface area contributed by atoms with E-state index in [1.54, 1.807) is 43.3 Å². The van der Waals surface area contributed by atoms with Crippen LogP contribution in [0.15, 0.2) is 48.5 Å². The molecular formula is C23H25N3O5. The number of esters is 1. The maximum absolute atomic E-state index is 12.3. The molecule has 1 atom stereocenters. The molecule has 2 aromatic carbocycles. The Balaban J connectivity index is 1.49. The van der Waals surface area contributed by atoms with Gasteiger partial charge in [0.15, 0.2) is 6.61 Å². The van der Waals surface area contributed by atoms with Crippen LogP contribution in [-0.4, -0.2) is 55.8 Å². The molecule has 2 aromatic rings. The molecule has 1 N–H and O–H groups in total. The number of aryl methyl sites for hydroxylation is 1. The standard InChI is InChI=1S/C23H25N3O5/c1-15-4-10-19(11-5-15)26-13-17(12-21(26)28)23(30)31-14-20(27)24-18-8-6-16(7-9-18)22(29)25(2)3/h4-11,17H,12-14H2,1-3H3,(H,24,27)/t17-/m1/s1. The molecule has 0 unspecified atom stereocenters. The van der Waals surface area contributed by atoms with Gasteiger partial charge >= 0.3 is 5.97 Å². The zero-order valence-electron chi connectivity index (χ0n) is 17.8. The molecule has 3 rings (SSSR count). The summed E-state index contributed by atoms with van der Waals surface area (Å²) in [5.41, 5.74) is 2.80. The normalized spacial score (nSPS) is 15.5. The number of anilines is 2. The van der Waals surface area contributed by atoms with Gasteiger partial charge in [-0.25, -0.2) is 0 Å². The van der Waals surface area contributed by atoms with Crippen LogP contribution in [0.4, 0.5) is 11.4 Å². The highest BCUT2D eigenvalue weighted by molar-refractivity contribution is 6.00. The number of rotatable bonds is 6. The molecule has 1 heterocycles. The highest BCUT2D eigenvalue weighted by Crippen LogP contribution is 2.26. The predicted molar refractivity (Wildman–Crippen MR) is 116 cm³/mol. The lowest BCUT2D eigenvalue weighted by molar-refractivity contribution is -0.151. The van der Waals surface area contributed by atoms with E-state index in [0.29, 0.717) is 11.3 Å². The number of nitrogens with zero attached hydrogens (tertiary/aromatic N) is 2. The number of hydrogen-bond donors (Lipinski definition) is 1. The maximum atomic E-state index is 12.3. The van der Waals surface area contributed by atoms with E-state index in [1.807, 2.05) is 31.2 Å². The van der Waals surface area contributed by atoms with E-state index in [4.69, 9.17) is 4.74 Å². The minimum absolute atomic E-state index is 0.0513. The van der Waals surface area contributed by atoms with Crippen molar-refractivity contribution < 1.29 is 23.9 Å². The summed E-state index contributed by atoms with van der Waals surface area (Å²) in [6, 6.07) is 13.9. The van der Waals surface area contributed by atoms with E-state index in [-0.39, 0.29) is 24.8 Å². The Hall–Kier alpha value is -3.68. The van der Waals surface area contributed by atoms with E-state index in [0.717, 1.165) is 11.3 Å². The summed E-state index contributed by atoms with van der Waals surface area (Å²) in [4.78, 5) is 51.6. The molecule has 0 spiro atoms. The lowest BCUT2D eigenvalue weighted by Crippen LogP contribution is -2.28. The first-order chi connectivity index (χ1) is 14.7. The Kier molecular flexibility index (Phi) is 6.69. The van der Waals surface area contributed by atoms with Gasteiger partial charge in [0.25, 0.3) is 11.8 Å². The molecule has 0 aromatic heterocycles. The van der Waals surface area contributed by atoms with Crippen LogP contribution in [0.1, 0.15) is 22.3 Å². The fourth-order valence-electron chi connectivity index (χ4n) is 3.25. The smallest absolute Gasteiger partial charge is 0.311 e. The molecule has 8 heteroatoms. The van der Waals surface area contributed by atoms with Crippen LogP contribution in [0.2, 0.25) is 0 Å². The maximum Gasteiger partial charge on any atom is 0.311 e. The van der Waals surface area contributed by atoms with Crippen LogP contribution >= 0.6 is 0 Å². The van der Waals surface area contributed by atoms with Gasteiger partial charge in [-0.2, -0.15) is 0 Å². The Morgan fingerprint density at radius 1 is 1.06 bits per heavy atom. The van der Waals surface area contributed by atoms with Crippen LogP contribution in [0.25, 0.3) is 0 Å². The Bertz CT molecular complexity index is 983. The molecule has 0 radical (unpaired) electrons. The summed E-state index contributed by atoms with van der Waals surface area (Å²) < 4.78 is 5.11. The van der Waals surface area contributed by atoms with Crippen molar-refractivity contribution in [2.75, 3.05) is 37.5 Å². The number of carbonyl (C=O) groups is 4. The van der Waals surface area contributed by atoms with Crippen molar-refractivity contribution in [2.45, 2.75) is 13.3 Å². The molecular weight excluding hydrogens is 398 g/mol. The Labute approximate surface area is 180 Å². The average Bonchev–Trinajstić information content (AvgIpc) is 3.14. The topological polar surface area (TPSA) is 96.0 Å². The molecule has 0 saturated carbocycles. The molecule has 1 fully saturated rings.